The molecule has 3 nitrogen and oxygen atoms in total. The van der Waals surface area contributed by atoms with Gasteiger partial charge in [-0.05, 0) is 72.9 Å². The van der Waals surface area contributed by atoms with Gasteiger partial charge >= 0.3 is 0 Å². The number of amides is 1. The van der Waals surface area contributed by atoms with Crippen molar-refractivity contribution in [1.82, 2.24) is 5.32 Å². The first-order valence-electron chi connectivity index (χ1n) is 9.44. The maximum Gasteiger partial charge on any atom is 0.224 e. The van der Waals surface area contributed by atoms with Crippen molar-refractivity contribution in [3.05, 3.63) is 64.7 Å². The molecule has 2 aromatic carbocycles. The van der Waals surface area contributed by atoms with Gasteiger partial charge in [0.15, 0.2) is 0 Å². The standard InChI is InChI=1S/C22H24N2O.ClH/c23-16-8-9-17-15(12-16)5-3-7-20(17)24-21(25)19-13-22(19)11-10-14-4-1-2-6-18(14)22;/h1-2,4,6,8-9,12,19-20H,3,5,7,10-11,13,23H2,(H,24,25);1H. The number of nitrogens with two attached hydrogens (primary N) is 1. The van der Waals surface area contributed by atoms with Crippen molar-refractivity contribution in [2.24, 2.45) is 5.92 Å². The molecule has 3 aliphatic rings. The molecule has 3 unspecified atom stereocenters. The van der Waals surface area contributed by atoms with Crippen LogP contribution in [-0.2, 0) is 23.1 Å². The fraction of sp³-hybridized carbons (Fsp3) is 0.409. The lowest BCUT2D eigenvalue weighted by atomic mass is 9.87. The topological polar surface area (TPSA) is 55.1 Å². The first-order chi connectivity index (χ1) is 12.2. The molecule has 1 fully saturated rings. The number of hydrogen-bond acceptors (Lipinski definition) is 2. The average Bonchev–Trinajstić information content (AvgIpc) is 3.24. The van der Waals surface area contributed by atoms with E-state index < -0.39 is 0 Å². The third-order valence-electron chi connectivity index (χ3n) is 6.58. The lowest BCUT2D eigenvalue weighted by molar-refractivity contribution is -0.123. The first-order valence-corrected chi connectivity index (χ1v) is 9.44. The van der Waals surface area contributed by atoms with Gasteiger partial charge in [0.05, 0.1) is 6.04 Å². The van der Waals surface area contributed by atoms with Crippen LogP contribution in [0.2, 0.25) is 0 Å². The second-order valence-corrected chi connectivity index (χ2v) is 7.98. The van der Waals surface area contributed by atoms with Crippen molar-refractivity contribution in [3.63, 3.8) is 0 Å². The molecule has 136 valence electrons. The Balaban J connectivity index is 0.00000168. The number of carbonyl (C=O) groups excluding carboxylic acids is 1. The minimum Gasteiger partial charge on any atom is -0.399 e. The Kier molecular flexibility index (Phi) is 4.23. The van der Waals surface area contributed by atoms with Crippen LogP contribution in [-0.4, -0.2) is 5.91 Å². The number of anilines is 1. The van der Waals surface area contributed by atoms with Gasteiger partial charge in [-0.2, -0.15) is 0 Å². The summed E-state index contributed by atoms with van der Waals surface area (Å²) < 4.78 is 0. The Bertz CT molecular complexity index is 865. The number of nitrogen functional groups attached to an aromatic ring is 1. The highest BCUT2D eigenvalue weighted by atomic mass is 35.5. The van der Waals surface area contributed by atoms with E-state index in [0.29, 0.717) is 0 Å². The van der Waals surface area contributed by atoms with Crippen LogP contribution in [0.15, 0.2) is 42.5 Å². The maximum absolute atomic E-state index is 13.0. The Hall–Kier alpha value is -2.00. The van der Waals surface area contributed by atoms with Gasteiger partial charge in [-0.1, -0.05) is 30.3 Å². The van der Waals surface area contributed by atoms with Crippen molar-refractivity contribution < 1.29 is 4.79 Å². The van der Waals surface area contributed by atoms with Gasteiger partial charge < -0.3 is 11.1 Å². The maximum atomic E-state index is 13.0. The van der Waals surface area contributed by atoms with Crippen molar-refractivity contribution in [2.45, 2.75) is 50.0 Å². The molecule has 3 aliphatic carbocycles. The molecule has 1 spiro atoms. The second-order valence-electron chi connectivity index (χ2n) is 7.98. The van der Waals surface area contributed by atoms with Crippen LogP contribution >= 0.6 is 12.4 Å². The molecule has 0 bridgehead atoms. The van der Waals surface area contributed by atoms with E-state index in [9.17, 15) is 4.79 Å². The van der Waals surface area contributed by atoms with Gasteiger partial charge in [-0.25, -0.2) is 0 Å². The lowest BCUT2D eigenvalue weighted by Gasteiger charge is -2.27. The van der Waals surface area contributed by atoms with E-state index in [1.165, 1.54) is 22.3 Å². The van der Waals surface area contributed by atoms with Crippen LogP contribution in [0, 0.1) is 5.92 Å². The van der Waals surface area contributed by atoms with E-state index in [2.05, 4.69) is 41.7 Å². The molecule has 1 amide bonds. The highest BCUT2D eigenvalue weighted by Gasteiger charge is 2.61. The first kappa shape index (κ1) is 17.4. The summed E-state index contributed by atoms with van der Waals surface area (Å²) >= 11 is 0. The second kappa shape index (κ2) is 6.31. The molecule has 0 radical (unpaired) electrons. The molecule has 0 saturated heterocycles. The zero-order chi connectivity index (χ0) is 17.0. The van der Waals surface area contributed by atoms with E-state index in [4.69, 9.17) is 5.73 Å². The van der Waals surface area contributed by atoms with Gasteiger partial charge in [0.25, 0.3) is 0 Å². The number of nitrogens with one attached hydrogen (secondary N) is 1. The Morgan fingerprint density at radius 1 is 1.12 bits per heavy atom. The molecule has 4 heteroatoms. The predicted molar refractivity (Wildman–Crippen MR) is 106 cm³/mol. The average molecular weight is 369 g/mol. The van der Waals surface area contributed by atoms with Gasteiger partial charge in [-0.15, -0.1) is 12.4 Å². The summed E-state index contributed by atoms with van der Waals surface area (Å²) in [6.07, 6.45) is 6.46. The summed E-state index contributed by atoms with van der Waals surface area (Å²) in [6, 6.07) is 14.9. The van der Waals surface area contributed by atoms with Gasteiger partial charge in [0, 0.05) is 17.0 Å². The number of carbonyl (C=O) groups is 1. The Labute approximate surface area is 160 Å². The summed E-state index contributed by atoms with van der Waals surface area (Å²) in [5, 5.41) is 3.36. The van der Waals surface area contributed by atoms with E-state index in [-0.39, 0.29) is 35.7 Å². The predicted octanol–water partition coefficient (Wildman–Crippen LogP) is 4.09. The number of hydrogen-bond donors (Lipinski definition) is 2. The molecule has 1 saturated carbocycles. The monoisotopic (exact) mass is 368 g/mol. The van der Waals surface area contributed by atoms with Gasteiger partial charge in [-0.3, -0.25) is 4.79 Å². The minimum absolute atomic E-state index is 0. The van der Waals surface area contributed by atoms with Crippen molar-refractivity contribution in [2.75, 3.05) is 5.73 Å². The highest BCUT2D eigenvalue weighted by Crippen LogP contribution is 2.61. The third kappa shape index (κ3) is 2.61. The molecule has 3 N–H and O–H groups in total. The van der Waals surface area contributed by atoms with E-state index in [1.54, 1.807) is 0 Å². The summed E-state index contributed by atoms with van der Waals surface area (Å²) in [5.41, 5.74) is 12.3. The fourth-order valence-corrected chi connectivity index (χ4v) is 5.20. The van der Waals surface area contributed by atoms with E-state index >= 15 is 0 Å². The number of rotatable bonds is 2. The zero-order valence-corrected chi connectivity index (χ0v) is 15.6. The van der Waals surface area contributed by atoms with Crippen LogP contribution < -0.4 is 11.1 Å². The zero-order valence-electron chi connectivity index (χ0n) is 14.8. The van der Waals surface area contributed by atoms with Gasteiger partial charge in [0.1, 0.15) is 0 Å². The molecule has 0 aromatic heterocycles. The molecular formula is C22H25ClN2O. The molecule has 2 aromatic rings. The molecule has 0 aliphatic heterocycles. The van der Waals surface area contributed by atoms with Crippen molar-refractivity contribution in [1.29, 1.82) is 0 Å². The number of halogens is 1. The fourth-order valence-electron chi connectivity index (χ4n) is 5.20. The lowest BCUT2D eigenvalue weighted by Crippen LogP contribution is -2.33. The van der Waals surface area contributed by atoms with E-state index in [1.807, 2.05) is 6.07 Å². The van der Waals surface area contributed by atoms with Crippen molar-refractivity contribution in [3.8, 4) is 0 Å². The SMILES string of the molecule is Cl.Nc1ccc2c(c1)CCCC2NC(=O)C1CC12CCc1ccccc12. The summed E-state index contributed by atoms with van der Waals surface area (Å²) in [4.78, 5) is 13.0. The Morgan fingerprint density at radius 3 is 2.85 bits per heavy atom. The number of fused-ring (bicyclic) bond motifs is 3. The van der Waals surface area contributed by atoms with Crippen LogP contribution in [0.1, 0.15) is 54.0 Å². The summed E-state index contributed by atoms with van der Waals surface area (Å²) in [7, 11) is 0. The molecular weight excluding hydrogens is 344 g/mol. The van der Waals surface area contributed by atoms with Crippen molar-refractivity contribution >= 4 is 24.0 Å². The van der Waals surface area contributed by atoms with Crippen LogP contribution in [0.4, 0.5) is 5.69 Å². The van der Waals surface area contributed by atoms with Crippen LogP contribution in [0.5, 0.6) is 0 Å². The normalized spacial score (nSPS) is 28.0. The Morgan fingerprint density at radius 2 is 1.96 bits per heavy atom. The van der Waals surface area contributed by atoms with Crippen LogP contribution in [0.25, 0.3) is 0 Å². The molecule has 3 atom stereocenters. The minimum atomic E-state index is 0. The van der Waals surface area contributed by atoms with E-state index in [0.717, 1.165) is 44.2 Å². The largest absolute Gasteiger partial charge is 0.399 e. The van der Waals surface area contributed by atoms with Crippen LogP contribution in [0.3, 0.4) is 0 Å². The number of aryl methyl sites for hydroxylation is 2. The molecule has 26 heavy (non-hydrogen) atoms. The van der Waals surface area contributed by atoms with Gasteiger partial charge in [0.2, 0.25) is 5.91 Å². The number of benzene rings is 2. The molecule has 5 rings (SSSR count). The summed E-state index contributed by atoms with van der Waals surface area (Å²) in [5.74, 6) is 0.390. The smallest absolute Gasteiger partial charge is 0.224 e. The third-order valence-corrected chi connectivity index (χ3v) is 6.58. The molecule has 0 heterocycles. The summed E-state index contributed by atoms with van der Waals surface area (Å²) in [6.45, 7) is 0. The quantitative estimate of drug-likeness (QED) is 0.784. The highest BCUT2D eigenvalue weighted by molar-refractivity contribution is 5.86.